The van der Waals surface area contributed by atoms with E-state index in [1.165, 1.54) is 16.7 Å². The van der Waals surface area contributed by atoms with E-state index in [1.807, 2.05) is 0 Å². The van der Waals surface area contributed by atoms with E-state index in [4.69, 9.17) is 0 Å². The van der Waals surface area contributed by atoms with Crippen molar-refractivity contribution < 1.29 is 0 Å². The minimum absolute atomic E-state index is 0.796. The SMILES string of the molecule is SCCc1c(CS)cccc1CS. The number of rotatable bonds is 4. The number of hydrogen-bond acceptors (Lipinski definition) is 3. The van der Waals surface area contributed by atoms with Crippen LogP contribution in [0, 0.1) is 0 Å². The van der Waals surface area contributed by atoms with Crippen molar-refractivity contribution in [1.29, 1.82) is 0 Å². The molecule has 0 aliphatic rings. The van der Waals surface area contributed by atoms with Crippen LogP contribution in [0.3, 0.4) is 0 Å². The highest BCUT2D eigenvalue weighted by molar-refractivity contribution is 7.80. The Kier molecular flexibility index (Phi) is 5.14. The van der Waals surface area contributed by atoms with E-state index in [1.54, 1.807) is 0 Å². The third kappa shape index (κ3) is 2.86. The maximum absolute atomic E-state index is 4.31. The number of hydrogen-bond donors (Lipinski definition) is 3. The molecule has 13 heavy (non-hydrogen) atoms. The van der Waals surface area contributed by atoms with Crippen LogP contribution in [0.25, 0.3) is 0 Å². The van der Waals surface area contributed by atoms with Gasteiger partial charge in [-0.15, -0.1) is 0 Å². The van der Waals surface area contributed by atoms with Gasteiger partial charge in [0.1, 0.15) is 0 Å². The molecule has 0 heterocycles. The first kappa shape index (κ1) is 11.3. The van der Waals surface area contributed by atoms with E-state index in [0.29, 0.717) is 0 Å². The van der Waals surface area contributed by atoms with E-state index < -0.39 is 0 Å². The van der Waals surface area contributed by atoms with E-state index in [0.717, 1.165) is 23.7 Å². The lowest BCUT2D eigenvalue weighted by atomic mass is 10.0. The van der Waals surface area contributed by atoms with Crippen LogP contribution < -0.4 is 0 Å². The smallest absolute Gasteiger partial charge is 0.0157 e. The Labute approximate surface area is 96.4 Å². The molecular weight excluding hydrogens is 216 g/mol. The van der Waals surface area contributed by atoms with Crippen LogP contribution in [0.1, 0.15) is 16.7 Å². The lowest BCUT2D eigenvalue weighted by Crippen LogP contribution is -1.98. The van der Waals surface area contributed by atoms with Crippen molar-refractivity contribution in [3.63, 3.8) is 0 Å². The second-order valence-electron chi connectivity index (χ2n) is 2.84. The number of thiol groups is 3. The van der Waals surface area contributed by atoms with Crippen molar-refractivity contribution in [1.82, 2.24) is 0 Å². The highest BCUT2D eigenvalue weighted by Gasteiger charge is 2.04. The molecule has 1 aromatic carbocycles. The summed E-state index contributed by atoms with van der Waals surface area (Å²) >= 11 is 12.9. The van der Waals surface area contributed by atoms with Gasteiger partial charge in [-0.1, -0.05) is 18.2 Å². The molecule has 0 unspecified atom stereocenters. The fourth-order valence-electron chi connectivity index (χ4n) is 1.42. The van der Waals surface area contributed by atoms with Crippen LogP contribution in [0.4, 0.5) is 0 Å². The molecule has 0 saturated carbocycles. The lowest BCUT2D eigenvalue weighted by Gasteiger charge is -2.10. The molecule has 0 spiro atoms. The maximum Gasteiger partial charge on any atom is 0.0157 e. The largest absolute Gasteiger partial charge is 0.179 e. The minimum atomic E-state index is 0.796. The first-order chi connectivity index (χ1) is 6.33. The van der Waals surface area contributed by atoms with Crippen LogP contribution in [0.15, 0.2) is 18.2 Å². The van der Waals surface area contributed by atoms with Crippen molar-refractivity contribution in [2.24, 2.45) is 0 Å². The van der Waals surface area contributed by atoms with Crippen LogP contribution in [0.2, 0.25) is 0 Å². The zero-order valence-corrected chi connectivity index (χ0v) is 10.1. The average molecular weight is 230 g/mol. The van der Waals surface area contributed by atoms with Crippen molar-refractivity contribution >= 4 is 37.9 Å². The predicted molar refractivity (Wildman–Crippen MR) is 69.4 cm³/mol. The summed E-state index contributed by atoms with van der Waals surface area (Å²) in [4.78, 5) is 0. The van der Waals surface area contributed by atoms with E-state index >= 15 is 0 Å². The summed E-state index contributed by atoms with van der Waals surface area (Å²) in [5.74, 6) is 2.47. The van der Waals surface area contributed by atoms with Gasteiger partial charge in [-0.2, -0.15) is 37.9 Å². The first-order valence-electron chi connectivity index (χ1n) is 4.25. The van der Waals surface area contributed by atoms with Crippen LogP contribution in [-0.4, -0.2) is 5.75 Å². The predicted octanol–water partition coefficient (Wildman–Crippen LogP) is 3.02. The minimum Gasteiger partial charge on any atom is -0.179 e. The third-order valence-electron chi connectivity index (χ3n) is 2.07. The van der Waals surface area contributed by atoms with Crippen molar-refractivity contribution in [3.8, 4) is 0 Å². The van der Waals surface area contributed by atoms with Gasteiger partial charge in [0.25, 0.3) is 0 Å². The van der Waals surface area contributed by atoms with Gasteiger partial charge in [0.2, 0.25) is 0 Å². The molecule has 0 aromatic heterocycles. The quantitative estimate of drug-likeness (QED) is 0.651. The molecule has 0 N–H and O–H groups in total. The molecule has 0 amide bonds. The van der Waals surface area contributed by atoms with Gasteiger partial charge in [0.05, 0.1) is 0 Å². The Balaban J connectivity index is 3.05. The second kappa shape index (κ2) is 5.89. The van der Waals surface area contributed by atoms with Crippen LogP contribution in [-0.2, 0) is 17.9 Å². The topological polar surface area (TPSA) is 0 Å². The molecule has 0 radical (unpaired) electrons. The summed E-state index contributed by atoms with van der Waals surface area (Å²) < 4.78 is 0. The Morgan fingerprint density at radius 3 is 1.85 bits per heavy atom. The summed E-state index contributed by atoms with van der Waals surface area (Å²) in [5.41, 5.74) is 4.00. The lowest BCUT2D eigenvalue weighted by molar-refractivity contribution is 1.08. The van der Waals surface area contributed by atoms with Gasteiger partial charge in [-0.05, 0) is 28.9 Å². The van der Waals surface area contributed by atoms with Crippen LogP contribution in [0.5, 0.6) is 0 Å². The summed E-state index contributed by atoms with van der Waals surface area (Å²) in [6, 6.07) is 6.32. The molecule has 0 saturated heterocycles. The van der Waals surface area contributed by atoms with Gasteiger partial charge < -0.3 is 0 Å². The molecule has 0 bridgehead atoms. The molecule has 0 nitrogen and oxygen atoms in total. The summed E-state index contributed by atoms with van der Waals surface area (Å²) in [5, 5.41) is 0. The molecule has 0 aliphatic heterocycles. The Bertz CT molecular complexity index is 249. The van der Waals surface area contributed by atoms with Gasteiger partial charge in [-0.3, -0.25) is 0 Å². The number of benzene rings is 1. The van der Waals surface area contributed by atoms with Crippen molar-refractivity contribution in [2.75, 3.05) is 5.75 Å². The molecule has 72 valence electrons. The summed E-state index contributed by atoms with van der Waals surface area (Å²) in [6.45, 7) is 0. The normalized spacial score (nSPS) is 10.4. The highest BCUT2D eigenvalue weighted by atomic mass is 32.1. The van der Waals surface area contributed by atoms with Gasteiger partial charge >= 0.3 is 0 Å². The van der Waals surface area contributed by atoms with E-state index in [2.05, 4.69) is 56.1 Å². The average Bonchev–Trinajstić information content (AvgIpc) is 2.18. The van der Waals surface area contributed by atoms with E-state index in [9.17, 15) is 0 Å². The molecule has 3 heteroatoms. The van der Waals surface area contributed by atoms with Gasteiger partial charge in [0, 0.05) is 11.5 Å². The monoisotopic (exact) mass is 230 g/mol. The first-order valence-corrected chi connectivity index (χ1v) is 6.15. The molecular formula is C10H14S3. The summed E-state index contributed by atoms with van der Waals surface area (Å²) in [7, 11) is 0. The second-order valence-corrected chi connectivity index (χ2v) is 3.92. The van der Waals surface area contributed by atoms with Crippen molar-refractivity contribution in [3.05, 3.63) is 34.9 Å². The fourth-order valence-corrected chi connectivity index (χ4v) is 2.23. The van der Waals surface area contributed by atoms with Gasteiger partial charge in [-0.25, -0.2) is 0 Å². The molecule has 1 rings (SSSR count). The molecule has 0 atom stereocenters. The summed E-state index contributed by atoms with van der Waals surface area (Å²) in [6.07, 6.45) is 1.01. The zero-order chi connectivity index (χ0) is 9.68. The Morgan fingerprint density at radius 2 is 1.46 bits per heavy atom. The molecule has 0 fully saturated rings. The van der Waals surface area contributed by atoms with E-state index in [-0.39, 0.29) is 0 Å². The van der Waals surface area contributed by atoms with Crippen LogP contribution >= 0.6 is 37.9 Å². The maximum atomic E-state index is 4.31. The van der Waals surface area contributed by atoms with Gasteiger partial charge in [0.15, 0.2) is 0 Å². The fraction of sp³-hybridized carbons (Fsp3) is 0.400. The molecule has 0 aliphatic carbocycles. The standard InChI is InChI=1S/C10H14S3/c11-5-4-10-8(6-12)2-1-3-9(10)7-13/h1-3,11-13H,4-7H2. The third-order valence-corrected chi connectivity index (χ3v) is 2.98. The molecule has 1 aromatic rings. The highest BCUT2D eigenvalue weighted by Crippen LogP contribution is 2.19. The Hall–Kier alpha value is 0.270. The Morgan fingerprint density at radius 1 is 0.923 bits per heavy atom. The van der Waals surface area contributed by atoms with Crippen molar-refractivity contribution in [2.45, 2.75) is 17.9 Å². The zero-order valence-electron chi connectivity index (χ0n) is 7.40.